The first-order valence-corrected chi connectivity index (χ1v) is 7.38. The summed E-state index contributed by atoms with van der Waals surface area (Å²) in [4.78, 5) is 17.0. The molecule has 5 nitrogen and oxygen atoms in total. The number of pyridine rings is 1. The average Bonchev–Trinajstić information content (AvgIpc) is 2.92. The van der Waals surface area contributed by atoms with Crippen LogP contribution >= 0.6 is 0 Å². The highest BCUT2D eigenvalue weighted by atomic mass is 19.1. The normalized spacial score (nSPS) is 11.2. The molecule has 1 aromatic carbocycles. The summed E-state index contributed by atoms with van der Waals surface area (Å²) in [6.45, 7) is 5.81. The molecule has 0 saturated carbocycles. The van der Waals surface area contributed by atoms with Crippen molar-refractivity contribution in [2.75, 3.05) is 5.32 Å². The standard InChI is InChI=1S/C17H17FN4O/c1-10(2)22-16-13(9-19-22)12(8-11(3)20-16)17(23)21-15-7-5-4-6-14(15)18/h4-10H,1-3H3,(H,21,23). The number of hydrogen-bond donors (Lipinski definition) is 1. The van der Waals surface area contributed by atoms with Gasteiger partial charge in [-0.15, -0.1) is 0 Å². The van der Waals surface area contributed by atoms with Gasteiger partial charge in [-0.25, -0.2) is 14.1 Å². The Balaban J connectivity index is 2.05. The molecule has 1 amide bonds. The number of aromatic nitrogens is 3. The minimum atomic E-state index is -0.472. The second-order valence-electron chi connectivity index (χ2n) is 5.67. The van der Waals surface area contributed by atoms with Crippen molar-refractivity contribution in [2.45, 2.75) is 26.8 Å². The van der Waals surface area contributed by atoms with Crippen LogP contribution in [0.15, 0.2) is 36.5 Å². The van der Waals surface area contributed by atoms with Crippen LogP contribution in [0.25, 0.3) is 11.0 Å². The largest absolute Gasteiger partial charge is 0.319 e. The highest BCUT2D eigenvalue weighted by Gasteiger charge is 2.17. The number of fused-ring (bicyclic) bond motifs is 1. The fraction of sp³-hybridized carbons (Fsp3) is 0.235. The highest BCUT2D eigenvalue weighted by molar-refractivity contribution is 6.12. The van der Waals surface area contributed by atoms with Gasteiger partial charge in [0.25, 0.3) is 5.91 Å². The smallest absolute Gasteiger partial charge is 0.256 e. The maximum absolute atomic E-state index is 13.7. The first-order valence-electron chi connectivity index (χ1n) is 7.38. The second kappa shape index (κ2) is 5.79. The van der Waals surface area contributed by atoms with E-state index in [0.717, 1.165) is 0 Å². The van der Waals surface area contributed by atoms with E-state index >= 15 is 0 Å². The van der Waals surface area contributed by atoms with Gasteiger partial charge < -0.3 is 5.32 Å². The Morgan fingerprint density at radius 2 is 2.04 bits per heavy atom. The first kappa shape index (κ1) is 15.1. The third kappa shape index (κ3) is 2.79. The zero-order valence-electron chi connectivity index (χ0n) is 13.2. The molecular weight excluding hydrogens is 295 g/mol. The number of benzene rings is 1. The monoisotopic (exact) mass is 312 g/mol. The van der Waals surface area contributed by atoms with Gasteiger partial charge in [-0.2, -0.15) is 5.10 Å². The first-order chi connectivity index (χ1) is 11.0. The number of halogens is 1. The van der Waals surface area contributed by atoms with Gasteiger partial charge in [-0.1, -0.05) is 12.1 Å². The summed E-state index contributed by atoms with van der Waals surface area (Å²) in [7, 11) is 0. The van der Waals surface area contributed by atoms with E-state index in [1.165, 1.54) is 12.1 Å². The molecule has 0 atom stereocenters. The van der Waals surface area contributed by atoms with Crippen LogP contribution in [0.4, 0.5) is 10.1 Å². The lowest BCUT2D eigenvalue weighted by molar-refractivity contribution is 0.102. The molecule has 0 bridgehead atoms. The van der Waals surface area contributed by atoms with E-state index in [0.29, 0.717) is 22.3 Å². The Morgan fingerprint density at radius 1 is 1.30 bits per heavy atom. The van der Waals surface area contributed by atoms with Gasteiger partial charge in [0.1, 0.15) is 5.82 Å². The number of aryl methyl sites for hydroxylation is 1. The molecule has 0 aliphatic carbocycles. The molecule has 0 unspecified atom stereocenters. The summed E-state index contributed by atoms with van der Waals surface area (Å²) in [5, 5.41) is 7.56. The van der Waals surface area contributed by atoms with E-state index < -0.39 is 5.82 Å². The van der Waals surface area contributed by atoms with Crippen LogP contribution < -0.4 is 5.32 Å². The van der Waals surface area contributed by atoms with Crippen LogP contribution in [0, 0.1) is 12.7 Å². The number of hydrogen-bond acceptors (Lipinski definition) is 3. The van der Waals surface area contributed by atoms with E-state index in [9.17, 15) is 9.18 Å². The van der Waals surface area contributed by atoms with Crippen LogP contribution in [-0.4, -0.2) is 20.7 Å². The fourth-order valence-corrected chi connectivity index (χ4v) is 2.46. The Morgan fingerprint density at radius 3 is 2.74 bits per heavy atom. The third-order valence-electron chi connectivity index (χ3n) is 3.55. The van der Waals surface area contributed by atoms with Crippen molar-refractivity contribution in [3.63, 3.8) is 0 Å². The van der Waals surface area contributed by atoms with Gasteiger partial charge in [0.2, 0.25) is 0 Å². The van der Waals surface area contributed by atoms with Crippen molar-refractivity contribution < 1.29 is 9.18 Å². The van der Waals surface area contributed by atoms with Gasteiger partial charge in [-0.3, -0.25) is 4.79 Å². The number of amides is 1. The fourth-order valence-electron chi connectivity index (χ4n) is 2.46. The van der Waals surface area contributed by atoms with Gasteiger partial charge in [0, 0.05) is 11.7 Å². The zero-order chi connectivity index (χ0) is 16.6. The predicted molar refractivity (Wildman–Crippen MR) is 87.0 cm³/mol. The predicted octanol–water partition coefficient (Wildman–Crippen LogP) is 3.71. The Hall–Kier alpha value is -2.76. The van der Waals surface area contributed by atoms with Crippen molar-refractivity contribution in [2.24, 2.45) is 0 Å². The maximum atomic E-state index is 13.7. The summed E-state index contributed by atoms with van der Waals surface area (Å²) in [5.41, 5.74) is 1.94. The lowest BCUT2D eigenvalue weighted by Crippen LogP contribution is -2.14. The summed E-state index contributed by atoms with van der Waals surface area (Å²) in [6, 6.07) is 7.89. The molecule has 1 N–H and O–H groups in total. The minimum absolute atomic E-state index is 0.129. The molecule has 0 radical (unpaired) electrons. The number of para-hydroxylation sites is 1. The topological polar surface area (TPSA) is 59.8 Å². The quantitative estimate of drug-likeness (QED) is 0.802. The van der Waals surface area contributed by atoms with Crippen molar-refractivity contribution in [3.8, 4) is 0 Å². The minimum Gasteiger partial charge on any atom is -0.319 e. The molecule has 2 heterocycles. The van der Waals surface area contributed by atoms with Gasteiger partial charge in [-0.05, 0) is 39.0 Å². The lowest BCUT2D eigenvalue weighted by Gasteiger charge is -2.10. The zero-order valence-corrected chi connectivity index (χ0v) is 13.2. The SMILES string of the molecule is Cc1cc(C(=O)Nc2ccccc2F)c2cnn(C(C)C)c2n1. The van der Waals surface area contributed by atoms with Crippen LogP contribution in [0.1, 0.15) is 35.9 Å². The van der Waals surface area contributed by atoms with E-state index in [1.807, 2.05) is 20.8 Å². The van der Waals surface area contributed by atoms with Crippen molar-refractivity contribution in [3.05, 3.63) is 53.6 Å². The number of anilines is 1. The summed E-state index contributed by atoms with van der Waals surface area (Å²) in [6.07, 6.45) is 1.62. The molecule has 0 fully saturated rings. The molecule has 0 aliphatic heterocycles. The molecule has 23 heavy (non-hydrogen) atoms. The Kier molecular flexibility index (Phi) is 3.82. The molecular formula is C17H17FN4O. The van der Waals surface area contributed by atoms with Crippen LogP contribution in [0.5, 0.6) is 0 Å². The molecule has 0 aliphatic rings. The average molecular weight is 312 g/mol. The summed E-state index contributed by atoms with van der Waals surface area (Å²) >= 11 is 0. The highest BCUT2D eigenvalue weighted by Crippen LogP contribution is 2.22. The van der Waals surface area contributed by atoms with Gasteiger partial charge in [0.05, 0.1) is 22.8 Å². The lowest BCUT2D eigenvalue weighted by atomic mass is 10.1. The van der Waals surface area contributed by atoms with E-state index in [-0.39, 0.29) is 17.6 Å². The van der Waals surface area contributed by atoms with Gasteiger partial charge in [0.15, 0.2) is 5.65 Å². The van der Waals surface area contributed by atoms with Crippen LogP contribution in [-0.2, 0) is 0 Å². The number of carbonyl (C=O) groups excluding carboxylic acids is 1. The summed E-state index contributed by atoms with van der Waals surface area (Å²) in [5.74, 6) is -0.852. The van der Waals surface area contributed by atoms with Crippen molar-refractivity contribution in [1.29, 1.82) is 0 Å². The Bertz CT molecular complexity index is 885. The van der Waals surface area contributed by atoms with Crippen LogP contribution in [0.2, 0.25) is 0 Å². The van der Waals surface area contributed by atoms with Crippen molar-refractivity contribution in [1.82, 2.24) is 14.8 Å². The number of rotatable bonds is 3. The number of nitrogens with zero attached hydrogens (tertiary/aromatic N) is 3. The molecule has 6 heteroatoms. The maximum Gasteiger partial charge on any atom is 0.256 e. The molecule has 118 valence electrons. The molecule has 2 aromatic heterocycles. The number of nitrogens with one attached hydrogen (secondary N) is 1. The molecule has 0 saturated heterocycles. The van der Waals surface area contributed by atoms with E-state index in [2.05, 4.69) is 15.4 Å². The van der Waals surface area contributed by atoms with Crippen molar-refractivity contribution >= 4 is 22.6 Å². The Labute approximate surface area is 133 Å². The number of carbonyl (C=O) groups is 1. The van der Waals surface area contributed by atoms with E-state index in [1.54, 1.807) is 29.1 Å². The third-order valence-corrected chi connectivity index (χ3v) is 3.55. The molecule has 3 aromatic rings. The molecule has 3 rings (SSSR count). The van der Waals surface area contributed by atoms with Gasteiger partial charge >= 0.3 is 0 Å². The van der Waals surface area contributed by atoms with E-state index in [4.69, 9.17) is 0 Å². The summed E-state index contributed by atoms with van der Waals surface area (Å²) < 4.78 is 15.5. The van der Waals surface area contributed by atoms with Crippen LogP contribution in [0.3, 0.4) is 0 Å². The second-order valence-corrected chi connectivity index (χ2v) is 5.67. The molecule has 0 spiro atoms.